The SMILES string of the molecule is N#Cc1cnc(NC2(C(F)(F)F)CC2)cn1. The van der Waals surface area contributed by atoms with Gasteiger partial charge in [-0.15, -0.1) is 0 Å². The topological polar surface area (TPSA) is 61.6 Å². The molecule has 1 fully saturated rings. The van der Waals surface area contributed by atoms with E-state index >= 15 is 0 Å². The van der Waals surface area contributed by atoms with Crippen molar-refractivity contribution in [1.29, 1.82) is 5.26 Å². The van der Waals surface area contributed by atoms with Crippen molar-refractivity contribution in [1.82, 2.24) is 9.97 Å². The molecule has 1 heterocycles. The largest absolute Gasteiger partial charge is 0.411 e. The molecule has 2 rings (SSSR count). The van der Waals surface area contributed by atoms with Crippen LogP contribution in [0.4, 0.5) is 19.0 Å². The van der Waals surface area contributed by atoms with Gasteiger partial charge in [0.1, 0.15) is 17.4 Å². The molecule has 1 saturated carbocycles. The van der Waals surface area contributed by atoms with Crippen LogP contribution in [0.5, 0.6) is 0 Å². The Kier molecular flexibility index (Phi) is 2.22. The molecule has 1 aliphatic carbocycles. The summed E-state index contributed by atoms with van der Waals surface area (Å²) in [5.74, 6) is 0.0359. The van der Waals surface area contributed by atoms with Crippen molar-refractivity contribution in [3.8, 4) is 6.07 Å². The van der Waals surface area contributed by atoms with Gasteiger partial charge in [0.25, 0.3) is 0 Å². The standard InChI is InChI=1S/C9H7F3N4/c10-9(11,12)8(1-2-8)16-7-5-14-6(3-13)4-15-7/h4-5H,1-2H2,(H,15,16). The fourth-order valence-corrected chi connectivity index (χ4v) is 1.30. The summed E-state index contributed by atoms with van der Waals surface area (Å²) in [5.41, 5.74) is -1.78. The second kappa shape index (κ2) is 3.33. The van der Waals surface area contributed by atoms with Crippen molar-refractivity contribution in [2.24, 2.45) is 0 Å². The molecule has 7 heteroatoms. The zero-order valence-electron chi connectivity index (χ0n) is 8.04. The average molecular weight is 228 g/mol. The molecular weight excluding hydrogens is 221 g/mol. The molecule has 0 atom stereocenters. The lowest BCUT2D eigenvalue weighted by atomic mass is 10.2. The number of anilines is 1. The summed E-state index contributed by atoms with van der Waals surface area (Å²) in [4.78, 5) is 7.33. The molecule has 1 aromatic heterocycles. The molecule has 0 bridgehead atoms. The highest BCUT2D eigenvalue weighted by molar-refractivity contribution is 5.40. The van der Waals surface area contributed by atoms with Crippen LogP contribution in [-0.2, 0) is 0 Å². The summed E-state index contributed by atoms with van der Waals surface area (Å²) in [7, 11) is 0. The maximum atomic E-state index is 12.6. The van der Waals surface area contributed by atoms with E-state index in [1.807, 2.05) is 0 Å². The Morgan fingerprint density at radius 2 is 2.00 bits per heavy atom. The van der Waals surface area contributed by atoms with E-state index in [0.29, 0.717) is 0 Å². The number of nitrogens with one attached hydrogen (secondary N) is 1. The molecule has 1 aromatic rings. The van der Waals surface area contributed by atoms with Crippen LogP contribution in [0.15, 0.2) is 12.4 Å². The molecule has 0 aliphatic heterocycles. The molecule has 0 spiro atoms. The first-order chi connectivity index (χ1) is 7.47. The number of alkyl halides is 3. The Hall–Kier alpha value is -1.84. The van der Waals surface area contributed by atoms with Crippen LogP contribution < -0.4 is 5.32 Å². The van der Waals surface area contributed by atoms with E-state index in [1.165, 1.54) is 0 Å². The third-order valence-corrected chi connectivity index (χ3v) is 2.43. The highest BCUT2D eigenvalue weighted by Gasteiger charge is 2.63. The molecule has 0 amide bonds. The second-order valence-electron chi connectivity index (χ2n) is 3.60. The lowest BCUT2D eigenvalue weighted by Gasteiger charge is -2.20. The van der Waals surface area contributed by atoms with Crippen LogP contribution in [0.3, 0.4) is 0 Å². The monoisotopic (exact) mass is 228 g/mol. The zero-order chi connectivity index (χ0) is 11.8. The van der Waals surface area contributed by atoms with E-state index in [4.69, 9.17) is 5.26 Å². The number of aromatic nitrogens is 2. The van der Waals surface area contributed by atoms with E-state index in [9.17, 15) is 13.2 Å². The van der Waals surface area contributed by atoms with Crippen LogP contribution in [0.2, 0.25) is 0 Å². The Labute approximate surface area is 89.1 Å². The third-order valence-electron chi connectivity index (χ3n) is 2.43. The van der Waals surface area contributed by atoms with Crippen molar-refractivity contribution < 1.29 is 13.2 Å². The summed E-state index contributed by atoms with van der Waals surface area (Å²) in [6.07, 6.45) is -1.95. The predicted octanol–water partition coefficient (Wildman–Crippen LogP) is 1.86. The van der Waals surface area contributed by atoms with E-state index in [0.717, 1.165) is 12.4 Å². The molecular formula is C9H7F3N4. The van der Waals surface area contributed by atoms with E-state index in [1.54, 1.807) is 6.07 Å². The minimum atomic E-state index is -4.29. The highest BCUT2D eigenvalue weighted by Crippen LogP contribution is 2.50. The molecule has 0 aromatic carbocycles. The lowest BCUT2D eigenvalue weighted by Crippen LogP contribution is -2.38. The molecule has 1 N–H and O–H groups in total. The molecule has 0 radical (unpaired) electrons. The predicted molar refractivity (Wildman–Crippen MR) is 48.4 cm³/mol. The Bertz CT molecular complexity index is 428. The van der Waals surface area contributed by atoms with Crippen LogP contribution in [0.25, 0.3) is 0 Å². The normalized spacial score (nSPS) is 17.6. The van der Waals surface area contributed by atoms with E-state index in [2.05, 4.69) is 15.3 Å². The Balaban J connectivity index is 2.13. The minimum absolute atomic E-state index is 0.0359. The van der Waals surface area contributed by atoms with Gasteiger partial charge in [-0.3, -0.25) is 0 Å². The summed E-state index contributed by atoms with van der Waals surface area (Å²) >= 11 is 0. The number of hydrogen-bond acceptors (Lipinski definition) is 4. The molecule has 16 heavy (non-hydrogen) atoms. The van der Waals surface area contributed by atoms with Gasteiger partial charge in [-0.2, -0.15) is 18.4 Å². The van der Waals surface area contributed by atoms with Crippen molar-refractivity contribution >= 4 is 5.82 Å². The summed E-state index contributed by atoms with van der Waals surface area (Å²) in [6, 6.07) is 1.74. The number of nitriles is 1. The van der Waals surface area contributed by atoms with E-state index < -0.39 is 11.7 Å². The van der Waals surface area contributed by atoms with Gasteiger partial charge in [-0.05, 0) is 12.8 Å². The number of hydrogen-bond donors (Lipinski definition) is 1. The Morgan fingerprint density at radius 3 is 2.38 bits per heavy atom. The maximum Gasteiger partial charge on any atom is 0.411 e. The molecule has 0 saturated heterocycles. The molecule has 0 unspecified atom stereocenters. The zero-order valence-corrected chi connectivity index (χ0v) is 8.04. The van der Waals surface area contributed by atoms with Gasteiger partial charge in [0.15, 0.2) is 5.69 Å². The number of rotatable bonds is 2. The van der Waals surface area contributed by atoms with E-state index in [-0.39, 0.29) is 24.4 Å². The average Bonchev–Trinajstić information content (AvgIpc) is 2.99. The Morgan fingerprint density at radius 1 is 1.31 bits per heavy atom. The molecule has 1 aliphatic rings. The second-order valence-corrected chi connectivity index (χ2v) is 3.60. The molecule has 4 nitrogen and oxygen atoms in total. The van der Waals surface area contributed by atoms with Gasteiger partial charge in [0.05, 0.1) is 12.4 Å². The first-order valence-corrected chi connectivity index (χ1v) is 4.54. The number of nitrogens with zero attached hydrogens (tertiary/aromatic N) is 3. The van der Waals surface area contributed by atoms with Crippen molar-refractivity contribution in [2.75, 3.05) is 5.32 Å². The van der Waals surface area contributed by atoms with Gasteiger partial charge < -0.3 is 5.32 Å². The summed E-state index contributed by atoms with van der Waals surface area (Å²) < 4.78 is 37.7. The smallest absolute Gasteiger partial charge is 0.355 e. The van der Waals surface area contributed by atoms with Crippen LogP contribution in [-0.4, -0.2) is 21.7 Å². The fourth-order valence-electron chi connectivity index (χ4n) is 1.30. The fraction of sp³-hybridized carbons (Fsp3) is 0.444. The minimum Gasteiger partial charge on any atom is -0.355 e. The summed E-state index contributed by atoms with van der Waals surface area (Å²) in [6.45, 7) is 0. The number of halogens is 3. The molecule has 84 valence electrons. The van der Waals surface area contributed by atoms with Gasteiger partial charge in [0, 0.05) is 0 Å². The van der Waals surface area contributed by atoms with Gasteiger partial charge in [-0.25, -0.2) is 9.97 Å². The maximum absolute atomic E-state index is 12.6. The van der Waals surface area contributed by atoms with Crippen molar-refractivity contribution in [3.63, 3.8) is 0 Å². The van der Waals surface area contributed by atoms with Crippen molar-refractivity contribution in [2.45, 2.75) is 24.6 Å². The highest BCUT2D eigenvalue weighted by atomic mass is 19.4. The van der Waals surface area contributed by atoms with Crippen LogP contribution in [0, 0.1) is 11.3 Å². The van der Waals surface area contributed by atoms with Gasteiger partial charge >= 0.3 is 6.18 Å². The van der Waals surface area contributed by atoms with Gasteiger partial charge in [-0.1, -0.05) is 0 Å². The van der Waals surface area contributed by atoms with Gasteiger partial charge in [0.2, 0.25) is 0 Å². The van der Waals surface area contributed by atoms with Crippen LogP contribution in [0.1, 0.15) is 18.5 Å². The summed E-state index contributed by atoms with van der Waals surface area (Å²) in [5, 5.41) is 10.8. The first kappa shape index (κ1) is 10.7. The first-order valence-electron chi connectivity index (χ1n) is 4.54. The van der Waals surface area contributed by atoms with Crippen LogP contribution >= 0.6 is 0 Å². The van der Waals surface area contributed by atoms with Crippen molar-refractivity contribution in [3.05, 3.63) is 18.1 Å². The quantitative estimate of drug-likeness (QED) is 0.839. The lowest BCUT2D eigenvalue weighted by molar-refractivity contribution is -0.151. The third kappa shape index (κ3) is 1.78.